The number of guanidine groups is 1. The fourth-order valence-electron chi connectivity index (χ4n) is 2.65. The lowest BCUT2D eigenvalue weighted by Gasteiger charge is -2.20. The molecule has 0 fully saturated rings. The maximum Gasteiger partial charge on any atom is 0.191 e. The Morgan fingerprint density at radius 1 is 1.14 bits per heavy atom. The molecule has 0 aliphatic heterocycles. The molecule has 2 aromatic rings. The molecule has 0 aliphatic rings. The van der Waals surface area contributed by atoms with E-state index in [1.165, 1.54) is 12.1 Å². The van der Waals surface area contributed by atoms with E-state index < -0.39 is 9.84 Å². The Labute approximate surface area is 172 Å². The van der Waals surface area contributed by atoms with Crippen molar-refractivity contribution in [1.29, 1.82) is 0 Å². The standard InChI is InChI=1S/C21H28FN3O3S/c1-3-18(28-19-10-7-9-17(22)15-19)16-25-21(23-2)24-13-8-14-29(26,27)20-11-5-4-6-12-20/h4-7,9-12,15,18H,3,8,13-14,16H2,1-2H3,(H2,23,24,25). The minimum Gasteiger partial charge on any atom is -0.489 e. The summed E-state index contributed by atoms with van der Waals surface area (Å²) < 4.78 is 43.6. The lowest BCUT2D eigenvalue weighted by Crippen LogP contribution is -2.43. The Morgan fingerprint density at radius 2 is 1.90 bits per heavy atom. The second-order valence-corrected chi connectivity index (χ2v) is 8.58. The molecule has 1 atom stereocenters. The minimum absolute atomic E-state index is 0.0568. The van der Waals surface area contributed by atoms with Gasteiger partial charge in [0.15, 0.2) is 15.8 Å². The summed E-state index contributed by atoms with van der Waals surface area (Å²) in [4.78, 5) is 4.47. The highest BCUT2D eigenvalue weighted by Gasteiger charge is 2.14. The van der Waals surface area contributed by atoms with Crippen molar-refractivity contribution in [2.24, 2.45) is 4.99 Å². The van der Waals surface area contributed by atoms with Crippen molar-refractivity contribution in [3.05, 3.63) is 60.4 Å². The van der Waals surface area contributed by atoms with Gasteiger partial charge in [-0.2, -0.15) is 0 Å². The van der Waals surface area contributed by atoms with E-state index in [0.717, 1.165) is 6.42 Å². The fraction of sp³-hybridized carbons (Fsp3) is 0.381. The molecule has 0 saturated heterocycles. The smallest absolute Gasteiger partial charge is 0.191 e. The van der Waals surface area contributed by atoms with Crippen molar-refractivity contribution < 1.29 is 17.5 Å². The van der Waals surface area contributed by atoms with Crippen molar-refractivity contribution in [3.63, 3.8) is 0 Å². The zero-order valence-corrected chi connectivity index (χ0v) is 17.6. The van der Waals surface area contributed by atoms with E-state index in [0.29, 0.717) is 36.1 Å². The van der Waals surface area contributed by atoms with Crippen molar-refractivity contribution in [1.82, 2.24) is 10.6 Å². The lowest BCUT2D eigenvalue weighted by atomic mass is 10.2. The monoisotopic (exact) mass is 421 g/mol. The summed E-state index contributed by atoms with van der Waals surface area (Å²) in [6, 6.07) is 14.5. The summed E-state index contributed by atoms with van der Waals surface area (Å²) in [5.41, 5.74) is 0. The van der Waals surface area contributed by atoms with Gasteiger partial charge in [-0.1, -0.05) is 31.2 Å². The van der Waals surface area contributed by atoms with Gasteiger partial charge in [0.1, 0.15) is 17.7 Å². The predicted molar refractivity (Wildman–Crippen MR) is 114 cm³/mol. The zero-order valence-electron chi connectivity index (χ0n) is 16.8. The van der Waals surface area contributed by atoms with E-state index in [-0.39, 0.29) is 17.7 Å². The average molecular weight is 422 g/mol. The van der Waals surface area contributed by atoms with Crippen LogP contribution in [0.15, 0.2) is 64.5 Å². The third-order valence-corrected chi connectivity index (χ3v) is 6.08. The van der Waals surface area contributed by atoms with Gasteiger partial charge in [0.05, 0.1) is 17.2 Å². The number of nitrogens with zero attached hydrogens (tertiary/aromatic N) is 1. The molecule has 0 aromatic heterocycles. The number of aliphatic imine (C=N–C) groups is 1. The summed E-state index contributed by atoms with van der Waals surface area (Å²) >= 11 is 0. The first-order valence-electron chi connectivity index (χ1n) is 9.59. The SMILES string of the molecule is CCC(CNC(=NC)NCCCS(=O)(=O)c1ccccc1)Oc1cccc(F)c1. The van der Waals surface area contributed by atoms with Crippen molar-refractivity contribution >= 4 is 15.8 Å². The highest BCUT2D eigenvalue weighted by Crippen LogP contribution is 2.14. The normalized spacial score (nSPS) is 13.0. The van der Waals surface area contributed by atoms with Crippen molar-refractivity contribution in [2.75, 3.05) is 25.9 Å². The zero-order chi connectivity index (χ0) is 21.1. The van der Waals surface area contributed by atoms with Crippen LogP contribution in [0.3, 0.4) is 0 Å². The molecule has 0 spiro atoms. The van der Waals surface area contributed by atoms with Crippen LogP contribution in [0.25, 0.3) is 0 Å². The summed E-state index contributed by atoms with van der Waals surface area (Å²) in [6.07, 6.45) is 1.03. The number of sulfone groups is 1. The summed E-state index contributed by atoms with van der Waals surface area (Å²) in [5, 5.41) is 6.26. The minimum atomic E-state index is -3.28. The Bertz CT molecular complexity index is 889. The Balaban J connectivity index is 1.75. The fourth-order valence-corrected chi connectivity index (χ4v) is 3.98. The molecule has 29 heavy (non-hydrogen) atoms. The number of hydrogen-bond donors (Lipinski definition) is 2. The Kier molecular flexibility index (Phi) is 8.92. The highest BCUT2D eigenvalue weighted by molar-refractivity contribution is 7.91. The van der Waals surface area contributed by atoms with Crippen molar-refractivity contribution in [3.8, 4) is 5.75 Å². The average Bonchev–Trinajstić information content (AvgIpc) is 2.73. The van der Waals surface area contributed by atoms with Gasteiger partial charge < -0.3 is 15.4 Å². The van der Waals surface area contributed by atoms with Crippen LogP contribution in [-0.4, -0.2) is 46.4 Å². The molecule has 2 rings (SSSR count). The Hall–Kier alpha value is -2.61. The van der Waals surface area contributed by atoms with Crippen LogP contribution in [0.4, 0.5) is 4.39 Å². The number of hydrogen-bond acceptors (Lipinski definition) is 4. The molecule has 8 heteroatoms. The van der Waals surface area contributed by atoms with Gasteiger partial charge in [0.25, 0.3) is 0 Å². The van der Waals surface area contributed by atoms with Crippen LogP contribution in [0.2, 0.25) is 0 Å². The predicted octanol–water partition coefficient (Wildman–Crippen LogP) is 3.01. The van der Waals surface area contributed by atoms with E-state index in [4.69, 9.17) is 4.74 Å². The molecule has 0 radical (unpaired) electrons. The van der Waals surface area contributed by atoms with E-state index in [9.17, 15) is 12.8 Å². The number of ether oxygens (including phenoxy) is 1. The lowest BCUT2D eigenvalue weighted by molar-refractivity contribution is 0.199. The first-order valence-corrected chi connectivity index (χ1v) is 11.2. The molecule has 2 aromatic carbocycles. The molecule has 0 aliphatic carbocycles. The van der Waals surface area contributed by atoms with Crippen LogP contribution >= 0.6 is 0 Å². The van der Waals surface area contributed by atoms with Gasteiger partial charge in [-0.15, -0.1) is 0 Å². The number of halogens is 1. The quantitative estimate of drug-likeness (QED) is 0.350. The number of nitrogens with one attached hydrogen (secondary N) is 2. The first kappa shape index (κ1) is 22.7. The third kappa shape index (κ3) is 7.73. The first-order chi connectivity index (χ1) is 13.9. The number of benzene rings is 2. The van der Waals surface area contributed by atoms with E-state index in [1.807, 2.05) is 6.92 Å². The van der Waals surface area contributed by atoms with Crippen LogP contribution in [-0.2, 0) is 9.84 Å². The maximum atomic E-state index is 13.3. The van der Waals surface area contributed by atoms with Gasteiger partial charge in [-0.25, -0.2) is 12.8 Å². The molecule has 1 unspecified atom stereocenters. The van der Waals surface area contributed by atoms with Gasteiger partial charge in [0, 0.05) is 19.7 Å². The van der Waals surface area contributed by atoms with Gasteiger partial charge >= 0.3 is 0 Å². The van der Waals surface area contributed by atoms with E-state index in [1.54, 1.807) is 49.5 Å². The summed E-state index contributed by atoms with van der Waals surface area (Å²) in [7, 11) is -1.64. The second-order valence-electron chi connectivity index (χ2n) is 6.47. The molecule has 6 nitrogen and oxygen atoms in total. The summed E-state index contributed by atoms with van der Waals surface area (Å²) in [6.45, 7) is 2.93. The van der Waals surface area contributed by atoms with E-state index >= 15 is 0 Å². The van der Waals surface area contributed by atoms with Crippen LogP contribution < -0.4 is 15.4 Å². The molecular weight excluding hydrogens is 393 g/mol. The van der Waals surface area contributed by atoms with Gasteiger partial charge in [0.2, 0.25) is 0 Å². The molecule has 0 saturated carbocycles. The Morgan fingerprint density at radius 3 is 2.55 bits per heavy atom. The highest BCUT2D eigenvalue weighted by atomic mass is 32.2. The van der Waals surface area contributed by atoms with E-state index in [2.05, 4.69) is 15.6 Å². The maximum absolute atomic E-state index is 13.3. The van der Waals surface area contributed by atoms with Crippen LogP contribution in [0.1, 0.15) is 19.8 Å². The van der Waals surface area contributed by atoms with Crippen LogP contribution in [0.5, 0.6) is 5.75 Å². The molecule has 0 amide bonds. The largest absolute Gasteiger partial charge is 0.489 e. The molecule has 0 heterocycles. The molecule has 0 bridgehead atoms. The topological polar surface area (TPSA) is 79.8 Å². The van der Waals surface area contributed by atoms with Crippen molar-refractivity contribution in [2.45, 2.75) is 30.8 Å². The summed E-state index contributed by atoms with van der Waals surface area (Å²) in [5.74, 6) is 0.755. The molecule has 2 N–H and O–H groups in total. The van der Waals surface area contributed by atoms with Gasteiger partial charge in [-0.05, 0) is 37.1 Å². The second kappa shape index (κ2) is 11.4. The molecular formula is C21H28FN3O3S. The number of rotatable bonds is 10. The van der Waals surface area contributed by atoms with Crippen LogP contribution in [0, 0.1) is 5.82 Å². The van der Waals surface area contributed by atoms with Gasteiger partial charge in [-0.3, -0.25) is 4.99 Å². The third-order valence-electron chi connectivity index (χ3n) is 4.26. The molecule has 158 valence electrons.